The summed E-state index contributed by atoms with van der Waals surface area (Å²) in [6.45, 7) is 6.22. The fraction of sp³-hybridized carbons (Fsp3) is 0.350. The fourth-order valence-electron chi connectivity index (χ4n) is 3.71. The molecule has 0 aliphatic heterocycles. The molecule has 8 nitrogen and oxygen atoms in total. The van der Waals surface area contributed by atoms with Crippen LogP contribution in [0.2, 0.25) is 0 Å². The number of imidazole rings is 2. The van der Waals surface area contributed by atoms with Crippen molar-refractivity contribution in [3.05, 3.63) is 56.5 Å². The van der Waals surface area contributed by atoms with Crippen LogP contribution < -0.4 is 11.2 Å². The molecular weight excluding hydrogens is 358 g/mol. The molecule has 4 aromatic rings. The van der Waals surface area contributed by atoms with Gasteiger partial charge in [0.2, 0.25) is 5.78 Å². The number of aromatic hydroxyl groups is 1. The number of aromatic nitrogens is 5. The Kier molecular flexibility index (Phi) is 4.14. The topological polar surface area (TPSA) is 86.5 Å². The number of fused-ring (bicyclic) bond motifs is 3. The van der Waals surface area contributed by atoms with Gasteiger partial charge in [-0.3, -0.25) is 22.9 Å². The molecule has 0 spiro atoms. The fourth-order valence-corrected chi connectivity index (χ4v) is 3.71. The first-order valence-corrected chi connectivity index (χ1v) is 9.36. The summed E-state index contributed by atoms with van der Waals surface area (Å²) in [5.41, 5.74) is 2.28. The summed E-state index contributed by atoms with van der Waals surface area (Å²) in [5.74, 6) is 0.608. The first kappa shape index (κ1) is 18.1. The molecular formula is C20H23N5O3. The largest absolute Gasteiger partial charge is 0.506 e. The molecule has 0 unspecified atom stereocenters. The lowest BCUT2D eigenvalue weighted by Gasteiger charge is -2.08. The molecule has 0 amide bonds. The van der Waals surface area contributed by atoms with Crippen LogP contribution in [0.25, 0.3) is 22.6 Å². The highest BCUT2D eigenvalue weighted by Crippen LogP contribution is 2.28. The van der Waals surface area contributed by atoms with Crippen molar-refractivity contribution in [2.75, 3.05) is 0 Å². The van der Waals surface area contributed by atoms with Crippen molar-refractivity contribution in [3.8, 4) is 11.4 Å². The molecule has 0 aliphatic carbocycles. The van der Waals surface area contributed by atoms with Crippen LogP contribution in [0.4, 0.5) is 0 Å². The summed E-state index contributed by atoms with van der Waals surface area (Å²) in [4.78, 5) is 30.5. The van der Waals surface area contributed by atoms with Gasteiger partial charge in [-0.05, 0) is 32.4 Å². The van der Waals surface area contributed by atoms with E-state index in [0.717, 1.165) is 24.2 Å². The number of unbranched alkanes of at least 4 members (excludes halogenated alkanes) is 1. The first-order valence-electron chi connectivity index (χ1n) is 9.36. The van der Waals surface area contributed by atoms with Crippen LogP contribution in [0.15, 0.2) is 33.9 Å². The van der Waals surface area contributed by atoms with Gasteiger partial charge in [-0.25, -0.2) is 4.79 Å². The molecule has 1 aromatic carbocycles. The van der Waals surface area contributed by atoms with Gasteiger partial charge in [0.25, 0.3) is 5.56 Å². The van der Waals surface area contributed by atoms with Gasteiger partial charge in [0, 0.05) is 25.0 Å². The minimum atomic E-state index is -0.366. The maximum atomic E-state index is 13.2. The highest BCUT2D eigenvalue weighted by Gasteiger charge is 2.23. The maximum Gasteiger partial charge on any atom is 0.332 e. The molecule has 3 heterocycles. The quantitative estimate of drug-likeness (QED) is 0.587. The molecule has 0 saturated heterocycles. The average Bonchev–Trinajstić information content (AvgIpc) is 3.17. The Morgan fingerprint density at radius 1 is 1.11 bits per heavy atom. The number of hydrogen-bond donors (Lipinski definition) is 1. The zero-order valence-corrected chi connectivity index (χ0v) is 16.4. The summed E-state index contributed by atoms with van der Waals surface area (Å²) in [6, 6.07) is 6.98. The summed E-state index contributed by atoms with van der Waals surface area (Å²) < 4.78 is 6.29. The number of phenols is 1. The monoisotopic (exact) mass is 381 g/mol. The normalized spacial score (nSPS) is 11.7. The molecule has 1 N–H and O–H groups in total. The van der Waals surface area contributed by atoms with E-state index in [1.807, 2.05) is 31.4 Å². The van der Waals surface area contributed by atoms with Crippen molar-refractivity contribution in [1.29, 1.82) is 0 Å². The number of aryl methyl sites for hydroxylation is 2. The Morgan fingerprint density at radius 2 is 1.82 bits per heavy atom. The van der Waals surface area contributed by atoms with Gasteiger partial charge in [-0.1, -0.05) is 25.5 Å². The van der Waals surface area contributed by atoms with E-state index in [1.54, 1.807) is 29.6 Å². The molecule has 0 atom stereocenters. The second-order valence-electron chi connectivity index (χ2n) is 7.07. The summed E-state index contributed by atoms with van der Waals surface area (Å²) in [6.07, 6.45) is 1.64. The molecule has 0 radical (unpaired) electrons. The molecule has 0 aliphatic rings. The lowest BCUT2D eigenvalue weighted by atomic mass is 10.2. The minimum absolute atomic E-state index is 0.115. The van der Waals surface area contributed by atoms with E-state index in [1.165, 1.54) is 9.13 Å². The standard InChI is InChI=1S/C20H23N5O3/c1-5-6-11-23-18(27)16-17(22(4)20(23)28)21-19-24(12(2)13(3)25(16)19)14-9-7-8-10-15(14)26/h7-10,26H,5-6,11H2,1-4H3. The van der Waals surface area contributed by atoms with Crippen LogP contribution in [0.3, 0.4) is 0 Å². The third-order valence-electron chi connectivity index (χ3n) is 5.38. The highest BCUT2D eigenvalue weighted by atomic mass is 16.3. The summed E-state index contributed by atoms with van der Waals surface area (Å²) in [7, 11) is 1.63. The lowest BCUT2D eigenvalue weighted by molar-refractivity contribution is 0.472. The molecule has 146 valence electrons. The number of benzene rings is 1. The van der Waals surface area contributed by atoms with Crippen molar-refractivity contribution >= 4 is 16.9 Å². The molecule has 0 saturated carbocycles. The van der Waals surface area contributed by atoms with E-state index in [9.17, 15) is 14.7 Å². The van der Waals surface area contributed by atoms with Crippen molar-refractivity contribution in [1.82, 2.24) is 23.1 Å². The van der Waals surface area contributed by atoms with E-state index in [4.69, 9.17) is 0 Å². The van der Waals surface area contributed by atoms with E-state index in [2.05, 4.69) is 4.98 Å². The molecule has 4 rings (SSSR count). The highest BCUT2D eigenvalue weighted by molar-refractivity contribution is 5.77. The van der Waals surface area contributed by atoms with Gasteiger partial charge in [0.15, 0.2) is 11.2 Å². The Morgan fingerprint density at radius 3 is 2.50 bits per heavy atom. The van der Waals surface area contributed by atoms with Gasteiger partial charge in [-0.2, -0.15) is 4.98 Å². The second kappa shape index (κ2) is 6.40. The number of hydrogen-bond acceptors (Lipinski definition) is 4. The van der Waals surface area contributed by atoms with Crippen LogP contribution >= 0.6 is 0 Å². The van der Waals surface area contributed by atoms with E-state index in [-0.39, 0.29) is 17.0 Å². The first-order chi connectivity index (χ1) is 13.4. The van der Waals surface area contributed by atoms with Crippen molar-refractivity contribution < 1.29 is 5.11 Å². The van der Waals surface area contributed by atoms with Crippen LogP contribution in [-0.2, 0) is 13.6 Å². The number of phenolic OH excluding ortho intramolecular Hbond substituents is 1. The smallest absolute Gasteiger partial charge is 0.332 e. The Balaban J connectivity index is 2.17. The molecule has 3 aromatic heterocycles. The molecule has 0 fully saturated rings. The zero-order valence-electron chi connectivity index (χ0n) is 16.4. The third-order valence-corrected chi connectivity index (χ3v) is 5.38. The van der Waals surface area contributed by atoms with Crippen molar-refractivity contribution in [2.45, 2.75) is 40.2 Å². The Hall–Kier alpha value is -3.29. The van der Waals surface area contributed by atoms with Gasteiger partial charge in [0.1, 0.15) is 5.75 Å². The Labute approximate surface area is 160 Å². The predicted molar refractivity (Wildman–Crippen MR) is 108 cm³/mol. The van der Waals surface area contributed by atoms with E-state index in [0.29, 0.717) is 29.2 Å². The van der Waals surface area contributed by atoms with Crippen LogP contribution in [0.1, 0.15) is 31.2 Å². The van der Waals surface area contributed by atoms with Gasteiger partial charge in [0.05, 0.1) is 5.69 Å². The van der Waals surface area contributed by atoms with Crippen LogP contribution in [-0.4, -0.2) is 28.2 Å². The average molecular weight is 381 g/mol. The lowest BCUT2D eigenvalue weighted by Crippen LogP contribution is -2.39. The summed E-state index contributed by atoms with van der Waals surface area (Å²) in [5, 5.41) is 10.3. The van der Waals surface area contributed by atoms with Crippen molar-refractivity contribution in [2.24, 2.45) is 7.05 Å². The number of para-hydroxylation sites is 2. The van der Waals surface area contributed by atoms with Crippen LogP contribution in [0.5, 0.6) is 5.75 Å². The molecule has 28 heavy (non-hydrogen) atoms. The zero-order chi connectivity index (χ0) is 20.2. The van der Waals surface area contributed by atoms with E-state index < -0.39 is 0 Å². The maximum absolute atomic E-state index is 13.2. The van der Waals surface area contributed by atoms with Crippen molar-refractivity contribution in [3.63, 3.8) is 0 Å². The second-order valence-corrected chi connectivity index (χ2v) is 7.07. The third kappa shape index (κ3) is 2.33. The SMILES string of the molecule is CCCCn1c(=O)c2c(nc3n(-c4ccccc4O)c(C)c(C)n23)n(C)c1=O. The minimum Gasteiger partial charge on any atom is -0.506 e. The predicted octanol–water partition coefficient (Wildman–Crippen LogP) is 2.26. The number of rotatable bonds is 4. The Bertz CT molecular complexity index is 1340. The molecule has 8 heteroatoms. The van der Waals surface area contributed by atoms with Gasteiger partial charge in [-0.15, -0.1) is 0 Å². The van der Waals surface area contributed by atoms with Gasteiger partial charge < -0.3 is 5.11 Å². The van der Waals surface area contributed by atoms with Gasteiger partial charge >= 0.3 is 5.69 Å². The number of nitrogens with zero attached hydrogens (tertiary/aromatic N) is 5. The van der Waals surface area contributed by atoms with Crippen LogP contribution in [0, 0.1) is 13.8 Å². The molecule has 0 bridgehead atoms. The van der Waals surface area contributed by atoms with E-state index >= 15 is 0 Å². The summed E-state index contributed by atoms with van der Waals surface area (Å²) >= 11 is 0.